The van der Waals surface area contributed by atoms with Gasteiger partial charge in [-0.1, -0.05) is 18.2 Å². The molecule has 5 nitrogen and oxygen atoms in total. The lowest BCUT2D eigenvalue weighted by Crippen LogP contribution is -2.44. The molecule has 0 aromatic heterocycles. The van der Waals surface area contributed by atoms with Crippen LogP contribution in [0.2, 0.25) is 0 Å². The van der Waals surface area contributed by atoms with E-state index in [9.17, 15) is 14.0 Å². The van der Waals surface area contributed by atoms with E-state index in [0.717, 1.165) is 45.4 Å². The minimum Gasteiger partial charge on any atom is -0.342 e. The Labute approximate surface area is 148 Å². The Balaban J connectivity index is 1.50. The van der Waals surface area contributed by atoms with Gasteiger partial charge in [-0.05, 0) is 42.7 Å². The summed E-state index contributed by atoms with van der Waals surface area (Å²) in [5, 5.41) is 2.67. The average Bonchev–Trinajstić information content (AvgIpc) is 3.13. The summed E-state index contributed by atoms with van der Waals surface area (Å²) in [6, 6.07) is 6.47. The first-order chi connectivity index (χ1) is 12.1. The van der Waals surface area contributed by atoms with Gasteiger partial charge in [0, 0.05) is 33.2 Å². The molecule has 0 spiro atoms. The minimum absolute atomic E-state index is 0.00781. The number of nitrogens with one attached hydrogen (secondary N) is 1. The van der Waals surface area contributed by atoms with Gasteiger partial charge in [-0.3, -0.25) is 4.79 Å². The molecular formula is C19H26FN3O2. The normalized spacial score (nSPS) is 21.4. The van der Waals surface area contributed by atoms with Gasteiger partial charge in [-0.25, -0.2) is 9.18 Å². The molecule has 1 aromatic rings. The second-order valence-electron chi connectivity index (χ2n) is 7.04. The zero-order valence-electron chi connectivity index (χ0n) is 14.7. The largest absolute Gasteiger partial charge is 0.342 e. The van der Waals surface area contributed by atoms with Crippen LogP contribution in [-0.2, 0) is 11.2 Å². The van der Waals surface area contributed by atoms with Gasteiger partial charge in [-0.15, -0.1) is 0 Å². The van der Waals surface area contributed by atoms with Gasteiger partial charge in [0.15, 0.2) is 0 Å². The summed E-state index contributed by atoms with van der Waals surface area (Å²) in [5.41, 5.74) is 0.467. The van der Waals surface area contributed by atoms with E-state index in [0.29, 0.717) is 17.4 Å². The van der Waals surface area contributed by atoms with Crippen molar-refractivity contribution in [1.29, 1.82) is 0 Å². The molecule has 3 rings (SSSR count). The number of nitrogens with zero attached hydrogens (tertiary/aromatic N) is 2. The summed E-state index contributed by atoms with van der Waals surface area (Å²) in [6.45, 7) is 3.08. The highest BCUT2D eigenvalue weighted by Crippen LogP contribution is 2.32. The molecule has 1 atom stereocenters. The Morgan fingerprint density at radius 1 is 1.08 bits per heavy atom. The fourth-order valence-electron chi connectivity index (χ4n) is 4.05. The monoisotopic (exact) mass is 347 g/mol. The summed E-state index contributed by atoms with van der Waals surface area (Å²) in [7, 11) is 1.66. The third-order valence-corrected chi connectivity index (χ3v) is 5.58. The van der Waals surface area contributed by atoms with E-state index in [1.54, 1.807) is 25.2 Å². The van der Waals surface area contributed by atoms with Gasteiger partial charge >= 0.3 is 6.03 Å². The molecule has 136 valence electrons. The lowest BCUT2D eigenvalue weighted by molar-refractivity contribution is -0.129. The molecule has 2 fully saturated rings. The second kappa shape index (κ2) is 7.85. The molecule has 1 N–H and O–H groups in total. The average molecular weight is 347 g/mol. The van der Waals surface area contributed by atoms with Crippen LogP contribution in [0, 0.1) is 17.7 Å². The van der Waals surface area contributed by atoms with Crippen LogP contribution < -0.4 is 5.32 Å². The van der Waals surface area contributed by atoms with E-state index in [1.807, 2.05) is 9.80 Å². The zero-order valence-corrected chi connectivity index (χ0v) is 14.7. The number of halogens is 1. The van der Waals surface area contributed by atoms with Crippen LogP contribution in [0.15, 0.2) is 24.3 Å². The molecule has 2 saturated heterocycles. The number of rotatable bonds is 3. The molecule has 2 heterocycles. The van der Waals surface area contributed by atoms with Crippen molar-refractivity contribution in [2.24, 2.45) is 11.8 Å². The van der Waals surface area contributed by atoms with Crippen LogP contribution in [0.5, 0.6) is 0 Å². The van der Waals surface area contributed by atoms with Gasteiger partial charge in [0.1, 0.15) is 5.82 Å². The van der Waals surface area contributed by atoms with E-state index in [4.69, 9.17) is 0 Å². The first kappa shape index (κ1) is 17.7. The standard InChI is InChI=1S/C19H26FN3O2/c1-21-19(25)22-9-6-14(7-10-22)16-8-11-23(13-16)18(24)12-15-4-2-3-5-17(15)20/h2-5,14,16H,6-13H2,1H3,(H,21,25). The predicted octanol–water partition coefficient (Wildman–Crippen LogP) is 2.27. The van der Waals surface area contributed by atoms with Gasteiger partial charge in [0.2, 0.25) is 5.91 Å². The summed E-state index contributed by atoms with van der Waals surface area (Å²) < 4.78 is 13.7. The van der Waals surface area contributed by atoms with Crippen molar-refractivity contribution in [3.05, 3.63) is 35.6 Å². The maximum atomic E-state index is 13.7. The van der Waals surface area contributed by atoms with Crippen molar-refractivity contribution < 1.29 is 14.0 Å². The maximum Gasteiger partial charge on any atom is 0.317 e. The molecule has 0 saturated carbocycles. The molecule has 0 radical (unpaired) electrons. The Bertz CT molecular complexity index is 629. The molecular weight excluding hydrogens is 321 g/mol. The van der Waals surface area contributed by atoms with Crippen LogP contribution in [0.4, 0.5) is 9.18 Å². The molecule has 2 aliphatic heterocycles. The lowest BCUT2D eigenvalue weighted by atomic mass is 9.84. The molecule has 25 heavy (non-hydrogen) atoms. The fourth-order valence-corrected chi connectivity index (χ4v) is 4.05. The van der Waals surface area contributed by atoms with Crippen molar-refractivity contribution in [3.8, 4) is 0 Å². The quantitative estimate of drug-likeness (QED) is 0.912. The SMILES string of the molecule is CNC(=O)N1CCC(C2CCN(C(=O)Cc3ccccc3F)C2)CC1. The van der Waals surface area contributed by atoms with E-state index in [2.05, 4.69) is 5.32 Å². The molecule has 3 amide bonds. The number of amides is 3. The van der Waals surface area contributed by atoms with Crippen molar-refractivity contribution in [3.63, 3.8) is 0 Å². The van der Waals surface area contributed by atoms with E-state index < -0.39 is 0 Å². The number of carbonyl (C=O) groups is 2. The third-order valence-electron chi connectivity index (χ3n) is 5.58. The highest BCUT2D eigenvalue weighted by molar-refractivity contribution is 5.79. The molecule has 6 heteroatoms. The Hall–Kier alpha value is -2.11. The summed E-state index contributed by atoms with van der Waals surface area (Å²) >= 11 is 0. The minimum atomic E-state index is -0.312. The predicted molar refractivity (Wildman–Crippen MR) is 93.5 cm³/mol. The Kier molecular flexibility index (Phi) is 5.56. The molecule has 2 aliphatic rings. The van der Waals surface area contributed by atoms with Crippen molar-refractivity contribution in [2.45, 2.75) is 25.7 Å². The van der Waals surface area contributed by atoms with Crippen molar-refractivity contribution >= 4 is 11.9 Å². The van der Waals surface area contributed by atoms with E-state index in [1.165, 1.54) is 6.07 Å². The highest BCUT2D eigenvalue weighted by atomic mass is 19.1. The number of carbonyl (C=O) groups excluding carboxylic acids is 2. The Morgan fingerprint density at radius 3 is 2.40 bits per heavy atom. The Morgan fingerprint density at radius 2 is 1.72 bits per heavy atom. The highest BCUT2D eigenvalue weighted by Gasteiger charge is 2.34. The van der Waals surface area contributed by atoms with Gasteiger partial charge < -0.3 is 15.1 Å². The number of benzene rings is 1. The van der Waals surface area contributed by atoms with Crippen LogP contribution in [0.3, 0.4) is 0 Å². The number of urea groups is 1. The first-order valence-electron chi connectivity index (χ1n) is 9.06. The smallest absolute Gasteiger partial charge is 0.317 e. The zero-order chi connectivity index (χ0) is 17.8. The number of likely N-dealkylation sites (tertiary alicyclic amines) is 2. The van der Waals surface area contributed by atoms with Crippen LogP contribution in [0.25, 0.3) is 0 Å². The summed E-state index contributed by atoms with van der Waals surface area (Å²) in [4.78, 5) is 27.9. The van der Waals surface area contributed by atoms with Crippen molar-refractivity contribution in [2.75, 3.05) is 33.2 Å². The molecule has 1 unspecified atom stereocenters. The van der Waals surface area contributed by atoms with Gasteiger partial charge in [-0.2, -0.15) is 0 Å². The van der Waals surface area contributed by atoms with Gasteiger partial charge in [0.05, 0.1) is 6.42 Å². The van der Waals surface area contributed by atoms with Gasteiger partial charge in [0.25, 0.3) is 0 Å². The third kappa shape index (κ3) is 4.11. The molecule has 0 aliphatic carbocycles. The summed E-state index contributed by atoms with van der Waals surface area (Å²) in [6.07, 6.45) is 3.13. The lowest BCUT2D eigenvalue weighted by Gasteiger charge is -2.34. The van der Waals surface area contributed by atoms with E-state index >= 15 is 0 Å². The number of hydrogen-bond donors (Lipinski definition) is 1. The first-order valence-corrected chi connectivity index (χ1v) is 9.06. The number of hydrogen-bond acceptors (Lipinski definition) is 2. The number of piperidine rings is 1. The second-order valence-corrected chi connectivity index (χ2v) is 7.04. The molecule has 1 aromatic carbocycles. The van der Waals surface area contributed by atoms with Crippen LogP contribution >= 0.6 is 0 Å². The topological polar surface area (TPSA) is 52.7 Å². The molecule has 0 bridgehead atoms. The summed E-state index contributed by atoms with van der Waals surface area (Å²) in [5.74, 6) is 0.757. The maximum absolute atomic E-state index is 13.7. The van der Waals surface area contributed by atoms with Crippen LogP contribution in [-0.4, -0.2) is 55.0 Å². The van der Waals surface area contributed by atoms with E-state index in [-0.39, 0.29) is 24.2 Å². The van der Waals surface area contributed by atoms with Crippen LogP contribution in [0.1, 0.15) is 24.8 Å². The van der Waals surface area contributed by atoms with Crippen molar-refractivity contribution in [1.82, 2.24) is 15.1 Å². The fraction of sp³-hybridized carbons (Fsp3) is 0.579.